The van der Waals surface area contributed by atoms with Crippen LogP contribution in [0, 0.1) is 0 Å². The first-order valence-electron chi connectivity index (χ1n) is 7.10. The minimum Gasteiger partial charge on any atom is -0.469 e. The molecule has 0 amide bonds. The summed E-state index contributed by atoms with van der Waals surface area (Å²) in [5.74, 6) is -0.485. The lowest BCUT2D eigenvalue weighted by Crippen LogP contribution is -2.31. The number of fused-ring (bicyclic) bond motifs is 1. The van der Waals surface area contributed by atoms with Crippen molar-refractivity contribution in [2.75, 3.05) is 25.1 Å². The molecule has 1 aliphatic heterocycles. The van der Waals surface area contributed by atoms with Gasteiger partial charge in [0.2, 0.25) is 10.0 Å². The van der Waals surface area contributed by atoms with Crippen LogP contribution in [-0.2, 0) is 26.0 Å². The lowest BCUT2D eigenvalue weighted by atomic mass is 10.2. The number of halogens is 1. The van der Waals surface area contributed by atoms with Crippen molar-refractivity contribution < 1.29 is 23.1 Å². The van der Waals surface area contributed by atoms with E-state index in [4.69, 9.17) is 0 Å². The normalized spacial score (nSPS) is 15.4. The Hall–Kier alpha value is -1.16. The average molecular weight is 407 g/mol. The highest BCUT2D eigenvalue weighted by molar-refractivity contribution is 9.10. The van der Waals surface area contributed by atoms with E-state index in [0.717, 1.165) is 12.0 Å². The van der Waals surface area contributed by atoms with E-state index in [-0.39, 0.29) is 17.9 Å². The first-order valence-corrected chi connectivity index (χ1v) is 9.37. The maximum Gasteiger partial charge on any atom is 0.306 e. The maximum absolute atomic E-state index is 12.4. The minimum atomic E-state index is -3.78. The molecule has 0 saturated heterocycles. The van der Waals surface area contributed by atoms with E-state index < -0.39 is 22.2 Å². The first-order chi connectivity index (χ1) is 10.8. The standard InChI is InChI=1S/C14H19BrN2O5S/c1-9(18)17-6-4-10-7-11(15)13(8-12(10)17)23(20,21)16-5-3-14(19)22-2/h7-9,16,18H,3-6H2,1-2H3. The van der Waals surface area contributed by atoms with Crippen LogP contribution in [0.3, 0.4) is 0 Å². The largest absolute Gasteiger partial charge is 0.469 e. The smallest absolute Gasteiger partial charge is 0.306 e. The number of nitrogens with one attached hydrogen (secondary N) is 1. The summed E-state index contributed by atoms with van der Waals surface area (Å²) in [4.78, 5) is 12.9. The highest BCUT2D eigenvalue weighted by Crippen LogP contribution is 2.35. The average Bonchev–Trinajstić information content (AvgIpc) is 2.88. The summed E-state index contributed by atoms with van der Waals surface area (Å²) in [5.41, 5.74) is 1.68. The molecule has 128 valence electrons. The van der Waals surface area contributed by atoms with E-state index in [1.807, 2.05) is 0 Å². The predicted molar refractivity (Wildman–Crippen MR) is 88.7 cm³/mol. The molecule has 0 aliphatic carbocycles. The van der Waals surface area contributed by atoms with E-state index in [2.05, 4.69) is 25.4 Å². The van der Waals surface area contributed by atoms with Gasteiger partial charge in [-0.1, -0.05) is 0 Å². The van der Waals surface area contributed by atoms with Crippen LogP contribution in [0.2, 0.25) is 0 Å². The molecule has 1 atom stereocenters. The number of methoxy groups -OCH3 is 1. The topological polar surface area (TPSA) is 95.9 Å². The number of aliphatic hydroxyl groups excluding tert-OH is 1. The summed E-state index contributed by atoms with van der Waals surface area (Å²) in [6.45, 7) is 2.23. The van der Waals surface area contributed by atoms with Crippen LogP contribution in [0.4, 0.5) is 5.69 Å². The van der Waals surface area contributed by atoms with E-state index in [1.54, 1.807) is 24.0 Å². The zero-order valence-electron chi connectivity index (χ0n) is 12.9. The molecule has 1 aromatic rings. The Morgan fingerprint density at radius 2 is 2.22 bits per heavy atom. The van der Waals surface area contributed by atoms with Crippen LogP contribution in [0.25, 0.3) is 0 Å². The molecule has 0 spiro atoms. The molecule has 23 heavy (non-hydrogen) atoms. The SMILES string of the molecule is COC(=O)CCNS(=O)(=O)c1cc2c(cc1Br)CCN2C(C)O. The summed E-state index contributed by atoms with van der Waals surface area (Å²) in [6, 6.07) is 3.30. The number of sulfonamides is 1. The molecule has 0 fully saturated rings. The molecule has 1 heterocycles. The number of nitrogens with zero attached hydrogens (tertiary/aromatic N) is 1. The monoisotopic (exact) mass is 406 g/mol. The van der Waals surface area contributed by atoms with E-state index in [1.165, 1.54) is 7.11 Å². The summed E-state index contributed by atoms with van der Waals surface area (Å²) < 4.78 is 32.2. The Kier molecular flexibility index (Phi) is 5.66. The van der Waals surface area contributed by atoms with Gasteiger partial charge in [0.25, 0.3) is 0 Å². The highest BCUT2D eigenvalue weighted by Gasteiger charge is 2.27. The van der Waals surface area contributed by atoms with Crippen LogP contribution >= 0.6 is 15.9 Å². The van der Waals surface area contributed by atoms with Crippen LogP contribution < -0.4 is 9.62 Å². The Bertz CT molecular complexity index is 705. The fourth-order valence-corrected chi connectivity index (χ4v) is 4.61. The summed E-state index contributed by atoms with van der Waals surface area (Å²) in [7, 11) is -2.53. The van der Waals surface area contributed by atoms with E-state index in [0.29, 0.717) is 16.7 Å². The van der Waals surface area contributed by atoms with Crippen molar-refractivity contribution in [3.8, 4) is 0 Å². The van der Waals surface area contributed by atoms with Crippen molar-refractivity contribution in [3.05, 3.63) is 22.2 Å². The van der Waals surface area contributed by atoms with Crippen LogP contribution in [0.5, 0.6) is 0 Å². The Morgan fingerprint density at radius 1 is 1.52 bits per heavy atom. The Labute approximate surface area is 143 Å². The lowest BCUT2D eigenvalue weighted by molar-refractivity contribution is -0.140. The quantitative estimate of drug-likeness (QED) is 0.683. The second-order valence-corrected chi connectivity index (χ2v) is 7.80. The molecule has 2 rings (SSSR count). The van der Waals surface area contributed by atoms with E-state index >= 15 is 0 Å². The van der Waals surface area contributed by atoms with Crippen molar-refractivity contribution >= 4 is 37.6 Å². The first kappa shape index (κ1) is 18.2. The van der Waals surface area contributed by atoms with Gasteiger partial charge in [0.05, 0.1) is 18.4 Å². The number of hydrogen-bond donors (Lipinski definition) is 2. The molecule has 1 aromatic carbocycles. The number of carbonyl (C=O) groups is 1. The lowest BCUT2D eigenvalue weighted by Gasteiger charge is -2.23. The number of carbonyl (C=O) groups excluding carboxylic acids is 1. The van der Waals surface area contributed by atoms with Gasteiger partial charge in [-0.3, -0.25) is 4.79 Å². The number of esters is 1. The van der Waals surface area contributed by atoms with Crippen LogP contribution in [0.15, 0.2) is 21.5 Å². The number of hydrogen-bond acceptors (Lipinski definition) is 6. The maximum atomic E-state index is 12.4. The summed E-state index contributed by atoms with van der Waals surface area (Å²) in [6.07, 6.45) is 0.00721. The molecule has 2 N–H and O–H groups in total. The Morgan fingerprint density at radius 3 is 2.83 bits per heavy atom. The van der Waals surface area contributed by atoms with Gasteiger partial charge < -0.3 is 14.7 Å². The van der Waals surface area contributed by atoms with Crippen molar-refractivity contribution in [2.45, 2.75) is 30.9 Å². The molecular formula is C14H19BrN2O5S. The predicted octanol–water partition coefficient (Wildman–Crippen LogP) is 0.991. The third-order valence-corrected chi connectivity index (χ3v) is 6.07. The van der Waals surface area contributed by atoms with Gasteiger partial charge in [0, 0.05) is 23.2 Å². The highest BCUT2D eigenvalue weighted by atomic mass is 79.9. The van der Waals surface area contributed by atoms with Crippen molar-refractivity contribution in [1.29, 1.82) is 0 Å². The van der Waals surface area contributed by atoms with Crippen molar-refractivity contribution in [2.24, 2.45) is 0 Å². The number of rotatable bonds is 6. The second kappa shape index (κ2) is 7.16. The van der Waals surface area contributed by atoms with Gasteiger partial charge in [0.1, 0.15) is 6.23 Å². The van der Waals surface area contributed by atoms with Gasteiger partial charge in [-0.2, -0.15) is 0 Å². The zero-order valence-corrected chi connectivity index (χ0v) is 15.3. The second-order valence-electron chi connectivity index (χ2n) is 5.21. The molecule has 1 aliphatic rings. The number of benzene rings is 1. The number of aliphatic hydroxyl groups is 1. The number of ether oxygens (including phenoxy) is 1. The molecule has 0 radical (unpaired) electrons. The van der Waals surface area contributed by atoms with Crippen LogP contribution in [-0.4, -0.2) is 45.9 Å². The molecule has 0 aromatic heterocycles. The molecule has 0 saturated carbocycles. The fraction of sp³-hybridized carbons (Fsp3) is 0.500. The van der Waals surface area contributed by atoms with E-state index in [9.17, 15) is 18.3 Å². The van der Waals surface area contributed by atoms with Gasteiger partial charge in [-0.25, -0.2) is 13.1 Å². The van der Waals surface area contributed by atoms with Gasteiger partial charge >= 0.3 is 5.97 Å². The van der Waals surface area contributed by atoms with Gasteiger partial charge in [-0.15, -0.1) is 0 Å². The van der Waals surface area contributed by atoms with Gasteiger partial charge in [0.15, 0.2) is 0 Å². The summed E-state index contributed by atoms with van der Waals surface area (Å²) >= 11 is 3.29. The van der Waals surface area contributed by atoms with Gasteiger partial charge in [-0.05, 0) is 47.0 Å². The molecule has 0 bridgehead atoms. The third-order valence-electron chi connectivity index (χ3n) is 3.65. The molecule has 9 heteroatoms. The van der Waals surface area contributed by atoms with Crippen LogP contribution in [0.1, 0.15) is 18.9 Å². The van der Waals surface area contributed by atoms with Crippen molar-refractivity contribution in [3.63, 3.8) is 0 Å². The zero-order chi connectivity index (χ0) is 17.2. The third kappa shape index (κ3) is 4.03. The fourth-order valence-electron chi connectivity index (χ4n) is 2.47. The minimum absolute atomic E-state index is 0.0430. The number of anilines is 1. The molecule has 1 unspecified atom stereocenters. The van der Waals surface area contributed by atoms with Crippen molar-refractivity contribution in [1.82, 2.24) is 4.72 Å². The Balaban J connectivity index is 2.25. The molecular weight excluding hydrogens is 388 g/mol. The molecule has 7 nitrogen and oxygen atoms in total. The summed E-state index contributed by atoms with van der Waals surface area (Å²) in [5, 5.41) is 9.79.